The first-order valence-electron chi connectivity index (χ1n) is 3.39. The number of rotatable bonds is 4. The Kier molecular flexibility index (Phi) is 4.69. The van der Waals surface area contributed by atoms with E-state index >= 15 is 0 Å². The molecule has 0 spiro atoms. The summed E-state index contributed by atoms with van der Waals surface area (Å²) in [7, 11) is 0. The molecule has 0 saturated heterocycles. The normalized spacial score (nSPS) is 15.6. The third-order valence-corrected chi connectivity index (χ3v) is 2.32. The van der Waals surface area contributed by atoms with E-state index in [0.29, 0.717) is 6.42 Å². The number of hydrogen-bond acceptors (Lipinski definition) is 2. The van der Waals surface area contributed by atoms with Crippen LogP contribution in [0.2, 0.25) is 0 Å². The number of carbonyl (C=O) groups excluding carboxylic acids is 2. The van der Waals surface area contributed by atoms with E-state index in [2.05, 4.69) is 0 Å². The molecular weight excluding hydrogens is 187 g/mol. The molecule has 0 aliphatic heterocycles. The van der Waals surface area contributed by atoms with Crippen molar-refractivity contribution in [1.82, 2.24) is 0 Å². The van der Waals surface area contributed by atoms with E-state index in [1.165, 1.54) is 0 Å². The van der Waals surface area contributed by atoms with Gasteiger partial charge in [0.05, 0.1) is 0 Å². The lowest BCUT2D eigenvalue weighted by atomic mass is 9.94. The minimum absolute atomic E-state index is 0.443. The molecule has 0 amide bonds. The Bertz CT molecular complexity index is 168. The van der Waals surface area contributed by atoms with Gasteiger partial charge in [-0.2, -0.15) is 0 Å². The van der Waals surface area contributed by atoms with Crippen molar-refractivity contribution in [2.75, 3.05) is 0 Å². The lowest BCUT2D eigenvalue weighted by Crippen LogP contribution is -2.21. The van der Waals surface area contributed by atoms with Crippen molar-refractivity contribution in [2.24, 2.45) is 11.8 Å². The minimum atomic E-state index is -0.508. The van der Waals surface area contributed by atoms with Gasteiger partial charge < -0.3 is 0 Å². The third kappa shape index (κ3) is 3.21. The summed E-state index contributed by atoms with van der Waals surface area (Å²) in [5.41, 5.74) is 0. The van der Waals surface area contributed by atoms with Crippen molar-refractivity contribution >= 4 is 33.7 Å². The minimum Gasteiger partial charge on any atom is -0.281 e. The van der Waals surface area contributed by atoms with Gasteiger partial charge in [-0.15, -0.1) is 0 Å². The highest BCUT2D eigenvalue weighted by molar-refractivity contribution is 6.66. The summed E-state index contributed by atoms with van der Waals surface area (Å²) in [4.78, 5) is 21.3. The molecule has 0 radical (unpaired) electrons. The Hall–Kier alpha value is -0.0800. The van der Waals surface area contributed by atoms with Gasteiger partial charge in [-0.3, -0.25) is 9.59 Å². The number of hydrogen-bond donors (Lipinski definition) is 0. The molecule has 0 heterocycles. The molecule has 0 rings (SSSR count). The summed E-state index contributed by atoms with van der Waals surface area (Å²) in [6.07, 6.45) is 0.544. The first-order chi connectivity index (χ1) is 5.00. The fraction of sp³-hybridized carbons (Fsp3) is 0.714. The summed E-state index contributed by atoms with van der Waals surface area (Å²) in [5.74, 6) is -0.923. The standard InChI is InChI=1S/C7H10Cl2O2/c1-3-5(7(9)11)4(2)6(8)10/h4-5H,3H2,1-2H3/t4-,5-/m1/s1. The van der Waals surface area contributed by atoms with Crippen LogP contribution >= 0.6 is 23.2 Å². The van der Waals surface area contributed by atoms with Crippen molar-refractivity contribution in [2.45, 2.75) is 20.3 Å². The summed E-state index contributed by atoms with van der Waals surface area (Å²) >= 11 is 10.4. The van der Waals surface area contributed by atoms with Gasteiger partial charge in [0.15, 0.2) is 0 Å². The molecule has 4 heteroatoms. The van der Waals surface area contributed by atoms with E-state index in [9.17, 15) is 9.59 Å². The zero-order valence-electron chi connectivity index (χ0n) is 6.43. The van der Waals surface area contributed by atoms with Crippen LogP contribution in [0.25, 0.3) is 0 Å². The smallest absolute Gasteiger partial charge is 0.225 e. The van der Waals surface area contributed by atoms with Crippen LogP contribution < -0.4 is 0 Å². The van der Waals surface area contributed by atoms with Gasteiger partial charge in [-0.25, -0.2) is 0 Å². The predicted molar refractivity (Wildman–Crippen MR) is 44.7 cm³/mol. The second-order valence-electron chi connectivity index (χ2n) is 2.41. The van der Waals surface area contributed by atoms with Crippen LogP contribution in [0.15, 0.2) is 0 Å². The topological polar surface area (TPSA) is 34.1 Å². The average Bonchev–Trinajstić information content (AvgIpc) is 1.88. The molecule has 0 aromatic carbocycles. The molecule has 0 aromatic heterocycles. The Balaban J connectivity index is 4.25. The Morgan fingerprint density at radius 1 is 1.27 bits per heavy atom. The van der Waals surface area contributed by atoms with E-state index in [4.69, 9.17) is 23.2 Å². The predicted octanol–water partition coefficient (Wildman–Crippen LogP) is 2.18. The van der Waals surface area contributed by atoms with Gasteiger partial charge in [-0.1, -0.05) is 13.8 Å². The molecule has 2 nitrogen and oxygen atoms in total. The van der Waals surface area contributed by atoms with Crippen molar-refractivity contribution in [1.29, 1.82) is 0 Å². The first-order valence-corrected chi connectivity index (χ1v) is 4.15. The molecule has 0 aliphatic rings. The fourth-order valence-electron chi connectivity index (χ4n) is 0.869. The Labute approximate surface area is 75.9 Å². The van der Waals surface area contributed by atoms with Crippen molar-refractivity contribution in [3.05, 3.63) is 0 Å². The van der Waals surface area contributed by atoms with Crippen LogP contribution in [0.4, 0.5) is 0 Å². The Morgan fingerprint density at radius 2 is 1.73 bits per heavy atom. The van der Waals surface area contributed by atoms with Crippen LogP contribution in [-0.4, -0.2) is 10.5 Å². The molecular formula is C7H10Cl2O2. The van der Waals surface area contributed by atoms with E-state index in [0.717, 1.165) is 0 Å². The van der Waals surface area contributed by atoms with Gasteiger partial charge in [-0.05, 0) is 29.6 Å². The van der Waals surface area contributed by atoms with Crippen molar-refractivity contribution in [3.63, 3.8) is 0 Å². The van der Waals surface area contributed by atoms with Crippen LogP contribution in [0, 0.1) is 11.8 Å². The maximum Gasteiger partial charge on any atom is 0.225 e. The van der Waals surface area contributed by atoms with Gasteiger partial charge in [0.1, 0.15) is 0 Å². The largest absolute Gasteiger partial charge is 0.281 e. The van der Waals surface area contributed by atoms with Gasteiger partial charge in [0, 0.05) is 11.8 Å². The highest BCUT2D eigenvalue weighted by Gasteiger charge is 2.25. The zero-order chi connectivity index (χ0) is 9.02. The molecule has 0 aromatic rings. The number of carbonyl (C=O) groups is 2. The molecule has 0 saturated carbocycles. The molecule has 0 fully saturated rings. The van der Waals surface area contributed by atoms with Crippen molar-refractivity contribution < 1.29 is 9.59 Å². The lowest BCUT2D eigenvalue weighted by molar-refractivity contribution is -0.123. The summed E-state index contributed by atoms with van der Waals surface area (Å²) in [5, 5.41) is -1.00. The van der Waals surface area contributed by atoms with Crippen LogP contribution in [0.1, 0.15) is 20.3 Å². The highest BCUT2D eigenvalue weighted by Crippen LogP contribution is 2.20. The fourth-order valence-corrected chi connectivity index (χ4v) is 1.36. The monoisotopic (exact) mass is 196 g/mol. The molecule has 0 unspecified atom stereocenters. The average molecular weight is 197 g/mol. The maximum atomic E-state index is 10.7. The third-order valence-electron chi connectivity index (χ3n) is 1.69. The second kappa shape index (κ2) is 4.73. The van der Waals surface area contributed by atoms with E-state index < -0.39 is 22.3 Å². The van der Waals surface area contributed by atoms with Gasteiger partial charge in [0.25, 0.3) is 0 Å². The summed E-state index contributed by atoms with van der Waals surface area (Å²) < 4.78 is 0. The first kappa shape index (κ1) is 10.9. The molecule has 64 valence electrons. The Morgan fingerprint density at radius 3 is 1.82 bits per heavy atom. The molecule has 0 bridgehead atoms. The SMILES string of the molecule is CC[C@@H](C(=O)Cl)[C@@H](C)C(=O)Cl. The van der Waals surface area contributed by atoms with Crippen molar-refractivity contribution in [3.8, 4) is 0 Å². The van der Waals surface area contributed by atoms with Gasteiger partial charge >= 0.3 is 0 Å². The zero-order valence-corrected chi connectivity index (χ0v) is 7.95. The quantitative estimate of drug-likeness (QED) is 0.647. The number of halogens is 2. The lowest BCUT2D eigenvalue weighted by Gasteiger charge is -2.13. The van der Waals surface area contributed by atoms with E-state index in [-0.39, 0.29) is 0 Å². The van der Waals surface area contributed by atoms with Crippen LogP contribution in [0.5, 0.6) is 0 Å². The van der Waals surface area contributed by atoms with Crippen LogP contribution in [0.3, 0.4) is 0 Å². The summed E-state index contributed by atoms with van der Waals surface area (Å²) in [6.45, 7) is 3.39. The van der Waals surface area contributed by atoms with E-state index in [1.807, 2.05) is 0 Å². The maximum absolute atomic E-state index is 10.7. The van der Waals surface area contributed by atoms with Gasteiger partial charge in [0.2, 0.25) is 10.5 Å². The van der Waals surface area contributed by atoms with Crippen LogP contribution in [-0.2, 0) is 9.59 Å². The second-order valence-corrected chi connectivity index (χ2v) is 3.16. The van der Waals surface area contributed by atoms with E-state index in [1.54, 1.807) is 13.8 Å². The highest BCUT2D eigenvalue weighted by atomic mass is 35.5. The molecule has 0 aliphatic carbocycles. The molecule has 0 N–H and O–H groups in total. The molecule has 11 heavy (non-hydrogen) atoms. The summed E-state index contributed by atoms with van der Waals surface area (Å²) in [6, 6.07) is 0. The molecule has 2 atom stereocenters.